The van der Waals surface area contributed by atoms with Crippen LogP contribution in [0.2, 0.25) is 0 Å². The lowest BCUT2D eigenvalue weighted by Gasteiger charge is -2.35. The van der Waals surface area contributed by atoms with Crippen LogP contribution in [0.3, 0.4) is 0 Å². The Hall–Kier alpha value is -3.66. The van der Waals surface area contributed by atoms with Crippen molar-refractivity contribution in [3.8, 4) is 0 Å². The van der Waals surface area contributed by atoms with Gasteiger partial charge in [0.2, 0.25) is 5.91 Å². The third-order valence-electron chi connectivity index (χ3n) is 7.48. The van der Waals surface area contributed by atoms with Crippen LogP contribution in [0.1, 0.15) is 79.9 Å². The van der Waals surface area contributed by atoms with Gasteiger partial charge in [-0.2, -0.15) is 13.2 Å². The van der Waals surface area contributed by atoms with Crippen LogP contribution in [0.15, 0.2) is 17.8 Å². The monoisotopic (exact) mass is 657 g/mol. The highest BCUT2D eigenvalue weighted by atomic mass is 32.1. The van der Waals surface area contributed by atoms with Gasteiger partial charge in [0, 0.05) is 69.0 Å². The molecule has 1 unspecified atom stereocenters. The van der Waals surface area contributed by atoms with Gasteiger partial charge in [0.1, 0.15) is 16.5 Å². The number of carboxylic acid groups (broad SMARTS) is 1. The number of rotatable bonds is 15. The number of halogens is 3. The van der Waals surface area contributed by atoms with Gasteiger partial charge in [0.25, 0.3) is 5.91 Å². The summed E-state index contributed by atoms with van der Waals surface area (Å²) in [6, 6.07) is -1.16. The maximum Gasteiger partial charge on any atom is 0.419 e. The van der Waals surface area contributed by atoms with Gasteiger partial charge in [-0.15, -0.1) is 11.3 Å². The Morgan fingerprint density at radius 1 is 1.16 bits per heavy atom. The van der Waals surface area contributed by atoms with E-state index in [1.807, 2.05) is 13.8 Å². The van der Waals surface area contributed by atoms with Gasteiger partial charge in [-0.25, -0.2) is 15.0 Å². The highest BCUT2D eigenvalue weighted by Gasteiger charge is 2.34. The van der Waals surface area contributed by atoms with Crippen molar-refractivity contribution in [2.45, 2.75) is 77.7 Å². The van der Waals surface area contributed by atoms with E-state index in [1.54, 1.807) is 11.9 Å². The van der Waals surface area contributed by atoms with E-state index < -0.39 is 47.6 Å². The lowest BCUT2D eigenvalue weighted by atomic mass is 9.95. The number of thiazole rings is 1. The van der Waals surface area contributed by atoms with Gasteiger partial charge < -0.3 is 24.8 Å². The van der Waals surface area contributed by atoms with Crippen LogP contribution >= 0.6 is 11.3 Å². The molecule has 0 aliphatic carbocycles. The molecule has 3 rings (SSSR count). The zero-order valence-electron chi connectivity index (χ0n) is 25.7. The number of carboxylic acids is 1. The average Bonchev–Trinajstić information content (AvgIpc) is 3.42. The number of carbonyl (C=O) groups excluding carboxylic acids is 3. The lowest BCUT2D eigenvalue weighted by molar-refractivity contribution is -0.149. The van der Waals surface area contributed by atoms with Crippen molar-refractivity contribution >= 4 is 35.1 Å². The van der Waals surface area contributed by atoms with Gasteiger partial charge in [-0.1, -0.05) is 20.8 Å². The van der Waals surface area contributed by atoms with Crippen LogP contribution in [0, 0.1) is 17.8 Å². The summed E-state index contributed by atoms with van der Waals surface area (Å²) in [5.74, 6) is -3.13. The molecule has 0 spiro atoms. The summed E-state index contributed by atoms with van der Waals surface area (Å²) in [5, 5.41) is 13.9. The molecule has 248 valence electrons. The Morgan fingerprint density at radius 2 is 1.80 bits per heavy atom. The molecule has 2 aromatic rings. The molecule has 3 heterocycles. The first-order valence-corrected chi connectivity index (χ1v) is 15.3. The van der Waals surface area contributed by atoms with Crippen molar-refractivity contribution in [1.29, 1.82) is 0 Å². The normalized spacial score (nSPS) is 16.3. The molecule has 2 amide bonds. The summed E-state index contributed by atoms with van der Waals surface area (Å²) in [6.07, 6.45) is -3.83. The van der Waals surface area contributed by atoms with E-state index in [1.165, 1.54) is 19.2 Å². The number of amides is 2. The topological polar surface area (TPSA) is 161 Å². The van der Waals surface area contributed by atoms with Crippen LogP contribution in [0.4, 0.5) is 13.2 Å². The van der Waals surface area contributed by atoms with Crippen molar-refractivity contribution in [3.63, 3.8) is 0 Å². The third kappa shape index (κ3) is 10.4. The molecule has 0 radical (unpaired) electrons. The zero-order valence-corrected chi connectivity index (χ0v) is 26.5. The van der Waals surface area contributed by atoms with E-state index in [4.69, 9.17) is 9.47 Å². The van der Waals surface area contributed by atoms with Crippen LogP contribution in [-0.2, 0) is 36.5 Å². The number of nitrogens with zero attached hydrogens (tertiary/aromatic N) is 4. The molecule has 1 aliphatic heterocycles. The fraction of sp³-hybridized carbons (Fsp3) is 0.621. The second kappa shape index (κ2) is 15.6. The largest absolute Gasteiger partial charge is 0.481 e. The number of hydrogen-bond donors (Lipinski definition) is 2. The molecule has 2 aromatic heterocycles. The fourth-order valence-corrected chi connectivity index (χ4v) is 5.66. The maximum absolute atomic E-state index is 13.2. The molecule has 0 saturated carbocycles. The minimum Gasteiger partial charge on any atom is -0.481 e. The Labute approximate surface area is 262 Å². The fourth-order valence-electron chi connectivity index (χ4n) is 4.82. The molecule has 0 aromatic carbocycles. The molecule has 12 nitrogen and oxygen atoms in total. The van der Waals surface area contributed by atoms with E-state index in [0.717, 1.165) is 11.3 Å². The van der Waals surface area contributed by atoms with Crippen LogP contribution in [-0.4, -0.2) is 81.1 Å². The van der Waals surface area contributed by atoms with Crippen LogP contribution in [0.5, 0.6) is 0 Å². The second-order valence-electron chi connectivity index (χ2n) is 11.6. The third-order valence-corrected chi connectivity index (χ3v) is 8.42. The van der Waals surface area contributed by atoms with Gasteiger partial charge in [-0.05, 0) is 12.3 Å². The number of aromatic nitrogens is 3. The van der Waals surface area contributed by atoms with E-state index >= 15 is 0 Å². The molecule has 45 heavy (non-hydrogen) atoms. The van der Waals surface area contributed by atoms with Crippen molar-refractivity contribution in [1.82, 2.24) is 25.2 Å². The van der Waals surface area contributed by atoms with Crippen LogP contribution in [0.25, 0.3) is 0 Å². The highest BCUT2D eigenvalue weighted by Crippen LogP contribution is 2.31. The summed E-state index contributed by atoms with van der Waals surface area (Å²) in [6.45, 7) is 7.67. The molecule has 1 aliphatic rings. The molecule has 16 heteroatoms. The Balaban J connectivity index is 1.77. The number of esters is 1. The Morgan fingerprint density at radius 3 is 2.31 bits per heavy atom. The first-order chi connectivity index (χ1) is 21.0. The minimum absolute atomic E-state index is 0.00165. The molecule has 1 fully saturated rings. The van der Waals surface area contributed by atoms with Gasteiger partial charge >= 0.3 is 18.1 Å². The predicted molar refractivity (Wildman–Crippen MR) is 155 cm³/mol. The van der Waals surface area contributed by atoms with Crippen molar-refractivity contribution in [3.05, 3.63) is 39.9 Å². The summed E-state index contributed by atoms with van der Waals surface area (Å²) in [4.78, 5) is 63.2. The second-order valence-corrected chi connectivity index (χ2v) is 12.5. The Bertz CT molecular complexity index is 1330. The van der Waals surface area contributed by atoms with E-state index in [0.29, 0.717) is 37.0 Å². The zero-order chi connectivity index (χ0) is 33.5. The minimum atomic E-state index is -4.62. The maximum atomic E-state index is 13.2. The predicted octanol–water partition coefficient (Wildman–Crippen LogP) is 3.92. The summed E-state index contributed by atoms with van der Waals surface area (Å²) < 4.78 is 49.5. The van der Waals surface area contributed by atoms with E-state index in [9.17, 15) is 37.5 Å². The number of nitrogens with one attached hydrogen (secondary N) is 1. The highest BCUT2D eigenvalue weighted by molar-refractivity contribution is 7.09. The first kappa shape index (κ1) is 35.8. The quantitative estimate of drug-likeness (QED) is 0.269. The van der Waals surface area contributed by atoms with Gasteiger partial charge in [-0.3, -0.25) is 19.2 Å². The molecule has 1 saturated heterocycles. The lowest BCUT2D eigenvalue weighted by Crippen LogP contribution is -2.44. The van der Waals surface area contributed by atoms with Gasteiger partial charge in [0.15, 0.2) is 6.10 Å². The van der Waals surface area contributed by atoms with E-state index in [2.05, 4.69) is 20.3 Å². The van der Waals surface area contributed by atoms with Crippen LogP contribution < -0.4 is 5.32 Å². The molecule has 0 bridgehead atoms. The molecular formula is C29H38F3N5O7S. The summed E-state index contributed by atoms with van der Waals surface area (Å²) >= 11 is 1.08. The average molecular weight is 658 g/mol. The number of hydrogen-bond acceptors (Lipinski definition) is 10. The smallest absolute Gasteiger partial charge is 0.419 e. The summed E-state index contributed by atoms with van der Waals surface area (Å²) in [7, 11) is 1.71. The molecular weight excluding hydrogens is 619 g/mol. The van der Waals surface area contributed by atoms with Crippen molar-refractivity contribution < 1.29 is 46.9 Å². The molecule has 4 atom stereocenters. The number of ether oxygens (including phenoxy) is 2. The number of aliphatic carboxylic acids is 1. The first-order valence-electron chi connectivity index (χ1n) is 14.4. The Kier molecular flexibility index (Phi) is 12.4. The van der Waals surface area contributed by atoms with E-state index in [-0.39, 0.29) is 54.6 Å². The van der Waals surface area contributed by atoms with Crippen molar-refractivity contribution in [2.24, 2.45) is 17.8 Å². The summed E-state index contributed by atoms with van der Waals surface area (Å²) in [5.41, 5.74) is -1.06. The van der Waals surface area contributed by atoms with Gasteiger partial charge in [0.05, 0.1) is 24.7 Å². The SMILES string of the molecule is CC(=O)O[C@H](CC(C(C)C)N(C)C(=O)CC1COC1)c1nc(C(=O)N[C@@H](Cc2ncc(C(F)(F)F)cn2)C[C@H](C)C(=O)O)cs1. The molecule has 2 N–H and O–H groups in total. The number of carbonyl (C=O) groups is 4. The van der Waals surface area contributed by atoms with Crippen molar-refractivity contribution in [2.75, 3.05) is 20.3 Å². The standard InChI is InChI=1S/C29H38F3N5O7S/c1-15(2)22(37(5)25(39)7-18-12-43-13-18)9-23(44-17(4)38)27-36-21(14-45-27)26(40)35-20(6-16(3)28(41)42)8-24-33-10-19(11-34-24)29(30,31)32/h10-11,14-16,18,20,22-23H,6-9,12-13H2,1-5H3,(H,35,40)(H,41,42)/t16-,20+,22?,23+/m0/s1. The number of alkyl halides is 3.